The van der Waals surface area contributed by atoms with Gasteiger partial charge in [0.05, 0.1) is 5.92 Å². The maximum Gasteiger partial charge on any atom is 0.225 e. The number of nitrogens with one attached hydrogen (secondary N) is 1. The van der Waals surface area contributed by atoms with Crippen molar-refractivity contribution in [3.8, 4) is 0 Å². The first-order chi connectivity index (χ1) is 9.81. The van der Waals surface area contributed by atoms with E-state index in [1.165, 1.54) is 0 Å². The van der Waals surface area contributed by atoms with Crippen LogP contribution in [-0.2, 0) is 9.53 Å². The summed E-state index contributed by atoms with van der Waals surface area (Å²) in [6, 6.07) is 1.80. The largest absolute Gasteiger partial charge is 0.385 e. The second-order valence-corrected chi connectivity index (χ2v) is 4.97. The van der Waals surface area contributed by atoms with Gasteiger partial charge in [-0.05, 0) is 25.3 Å². The Labute approximate surface area is 119 Å². The van der Waals surface area contributed by atoms with Crippen molar-refractivity contribution in [3.05, 3.63) is 18.5 Å². The number of nitrogens with zero attached hydrogens (tertiary/aromatic N) is 3. The van der Waals surface area contributed by atoms with Crippen molar-refractivity contribution >= 4 is 11.9 Å². The van der Waals surface area contributed by atoms with Crippen molar-refractivity contribution < 1.29 is 9.53 Å². The topological polar surface area (TPSA) is 67.3 Å². The van der Waals surface area contributed by atoms with E-state index in [0.29, 0.717) is 25.6 Å². The zero-order chi connectivity index (χ0) is 14.2. The zero-order valence-electron chi connectivity index (χ0n) is 11.9. The minimum absolute atomic E-state index is 0.0232. The van der Waals surface area contributed by atoms with E-state index in [2.05, 4.69) is 20.2 Å². The van der Waals surface area contributed by atoms with Crippen LogP contribution in [0.25, 0.3) is 0 Å². The standard InChI is InChI=1S/C14H22N4O2/c1-20-10-4-8-15-13(19)12-5-2-9-18(11-12)14-16-6-3-7-17-14/h3,6-7,12H,2,4-5,8-11H2,1H3,(H,15,19). The molecule has 6 nitrogen and oxygen atoms in total. The molecule has 1 aromatic heterocycles. The van der Waals surface area contributed by atoms with Gasteiger partial charge in [-0.15, -0.1) is 0 Å². The summed E-state index contributed by atoms with van der Waals surface area (Å²) < 4.78 is 4.97. The summed E-state index contributed by atoms with van der Waals surface area (Å²) in [7, 11) is 1.67. The Balaban J connectivity index is 1.82. The summed E-state index contributed by atoms with van der Waals surface area (Å²) in [5.41, 5.74) is 0. The molecule has 1 aromatic rings. The van der Waals surface area contributed by atoms with Crippen molar-refractivity contribution in [1.29, 1.82) is 0 Å². The molecule has 0 aromatic carbocycles. The number of amides is 1. The number of ether oxygens (including phenoxy) is 1. The van der Waals surface area contributed by atoms with Gasteiger partial charge in [-0.1, -0.05) is 0 Å². The molecule has 6 heteroatoms. The molecule has 1 aliphatic rings. The summed E-state index contributed by atoms with van der Waals surface area (Å²) in [6.07, 6.45) is 6.24. The Morgan fingerprint density at radius 1 is 1.50 bits per heavy atom. The van der Waals surface area contributed by atoms with Crippen LogP contribution in [0.1, 0.15) is 19.3 Å². The Hall–Kier alpha value is -1.69. The van der Waals surface area contributed by atoms with Crippen molar-refractivity contribution in [3.63, 3.8) is 0 Å². The van der Waals surface area contributed by atoms with Gasteiger partial charge in [0.15, 0.2) is 0 Å². The highest BCUT2D eigenvalue weighted by Gasteiger charge is 2.26. The van der Waals surface area contributed by atoms with Crippen LogP contribution in [0.15, 0.2) is 18.5 Å². The number of hydrogen-bond acceptors (Lipinski definition) is 5. The summed E-state index contributed by atoms with van der Waals surface area (Å²) >= 11 is 0. The highest BCUT2D eigenvalue weighted by atomic mass is 16.5. The predicted molar refractivity (Wildman–Crippen MR) is 76.5 cm³/mol. The molecule has 0 saturated carbocycles. The van der Waals surface area contributed by atoms with E-state index in [1.807, 2.05) is 0 Å². The molecule has 0 radical (unpaired) electrons. The number of anilines is 1. The lowest BCUT2D eigenvalue weighted by molar-refractivity contribution is -0.125. The van der Waals surface area contributed by atoms with Gasteiger partial charge < -0.3 is 15.0 Å². The van der Waals surface area contributed by atoms with Gasteiger partial charge >= 0.3 is 0 Å². The zero-order valence-corrected chi connectivity index (χ0v) is 11.9. The quantitative estimate of drug-likeness (QED) is 0.781. The van der Waals surface area contributed by atoms with E-state index in [-0.39, 0.29) is 11.8 Å². The normalized spacial score (nSPS) is 18.9. The molecule has 20 heavy (non-hydrogen) atoms. The maximum absolute atomic E-state index is 12.1. The summed E-state index contributed by atoms with van der Waals surface area (Å²) in [5, 5.41) is 2.97. The SMILES string of the molecule is COCCCNC(=O)C1CCCN(c2ncccn2)C1. The lowest BCUT2D eigenvalue weighted by Crippen LogP contribution is -2.44. The first kappa shape index (κ1) is 14.7. The van der Waals surface area contributed by atoms with Gasteiger partial charge in [-0.3, -0.25) is 4.79 Å². The Morgan fingerprint density at radius 3 is 3.05 bits per heavy atom. The van der Waals surface area contributed by atoms with Crippen LogP contribution in [0.3, 0.4) is 0 Å². The fraction of sp³-hybridized carbons (Fsp3) is 0.643. The smallest absolute Gasteiger partial charge is 0.225 e. The number of carbonyl (C=O) groups is 1. The molecule has 0 spiro atoms. The van der Waals surface area contributed by atoms with Gasteiger partial charge in [0.25, 0.3) is 0 Å². The van der Waals surface area contributed by atoms with Crippen LogP contribution < -0.4 is 10.2 Å². The predicted octanol–water partition coefficient (Wildman–Crippen LogP) is 0.846. The average Bonchev–Trinajstić information content (AvgIpc) is 2.52. The molecule has 0 bridgehead atoms. The third-order valence-corrected chi connectivity index (χ3v) is 3.45. The Bertz CT molecular complexity index is 413. The number of methoxy groups -OCH3 is 1. The highest BCUT2D eigenvalue weighted by Crippen LogP contribution is 2.19. The van der Waals surface area contributed by atoms with Gasteiger partial charge in [0, 0.05) is 45.7 Å². The molecule has 2 rings (SSSR count). The van der Waals surface area contributed by atoms with E-state index in [9.17, 15) is 4.79 Å². The van der Waals surface area contributed by atoms with Crippen LogP contribution in [-0.4, -0.2) is 49.2 Å². The van der Waals surface area contributed by atoms with Crippen molar-refractivity contribution in [2.45, 2.75) is 19.3 Å². The molecular weight excluding hydrogens is 256 g/mol. The maximum atomic E-state index is 12.1. The molecule has 0 aliphatic carbocycles. The second kappa shape index (κ2) is 7.79. The van der Waals surface area contributed by atoms with Gasteiger partial charge in [-0.25, -0.2) is 9.97 Å². The van der Waals surface area contributed by atoms with Gasteiger partial charge in [-0.2, -0.15) is 0 Å². The van der Waals surface area contributed by atoms with Crippen LogP contribution in [0.4, 0.5) is 5.95 Å². The minimum atomic E-state index is 0.0232. The van der Waals surface area contributed by atoms with Crippen molar-refractivity contribution in [2.24, 2.45) is 5.92 Å². The number of hydrogen-bond donors (Lipinski definition) is 1. The fourth-order valence-corrected chi connectivity index (χ4v) is 2.40. The molecule has 1 aliphatic heterocycles. The summed E-state index contributed by atoms with van der Waals surface area (Å²) in [5.74, 6) is 0.862. The van der Waals surface area contributed by atoms with Crippen molar-refractivity contribution in [1.82, 2.24) is 15.3 Å². The lowest BCUT2D eigenvalue weighted by atomic mass is 9.97. The molecular formula is C14H22N4O2. The number of piperidine rings is 1. The first-order valence-electron chi connectivity index (χ1n) is 7.10. The van der Waals surface area contributed by atoms with Crippen LogP contribution >= 0.6 is 0 Å². The average molecular weight is 278 g/mol. The summed E-state index contributed by atoms with van der Waals surface area (Å²) in [4.78, 5) is 22.7. The van der Waals surface area contributed by atoms with E-state index in [0.717, 1.165) is 25.8 Å². The summed E-state index contributed by atoms with van der Waals surface area (Å²) in [6.45, 7) is 2.96. The highest BCUT2D eigenvalue weighted by molar-refractivity contribution is 5.79. The Morgan fingerprint density at radius 2 is 2.30 bits per heavy atom. The van der Waals surface area contributed by atoms with E-state index in [1.54, 1.807) is 25.6 Å². The van der Waals surface area contributed by atoms with Crippen LogP contribution in [0.2, 0.25) is 0 Å². The van der Waals surface area contributed by atoms with Crippen LogP contribution in [0, 0.1) is 5.92 Å². The van der Waals surface area contributed by atoms with Crippen LogP contribution in [0.5, 0.6) is 0 Å². The molecule has 1 saturated heterocycles. The Kier molecular flexibility index (Phi) is 5.73. The molecule has 1 N–H and O–H groups in total. The number of aromatic nitrogens is 2. The van der Waals surface area contributed by atoms with Gasteiger partial charge in [0.2, 0.25) is 11.9 Å². The third kappa shape index (κ3) is 4.16. The van der Waals surface area contributed by atoms with E-state index < -0.39 is 0 Å². The van der Waals surface area contributed by atoms with E-state index in [4.69, 9.17) is 4.74 Å². The third-order valence-electron chi connectivity index (χ3n) is 3.45. The van der Waals surface area contributed by atoms with Gasteiger partial charge in [0.1, 0.15) is 0 Å². The number of rotatable bonds is 6. The van der Waals surface area contributed by atoms with Crippen molar-refractivity contribution in [2.75, 3.05) is 38.3 Å². The first-order valence-corrected chi connectivity index (χ1v) is 7.10. The molecule has 1 amide bonds. The second-order valence-electron chi connectivity index (χ2n) is 4.97. The molecule has 2 heterocycles. The fourth-order valence-electron chi connectivity index (χ4n) is 2.40. The monoisotopic (exact) mass is 278 g/mol. The lowest BCUT2D eigenvalue weighted by Gasteiger charge is -2.31. The number of carbonyl (C=O) groups excluding carboxylic acids is 1. The molecule has 1 unspecified atom stereocenters. The minimum Gasteiger partial charge on any atom is -0.385 e. The molecule has 1 atom stereocenters. The van der Waals surface area contributed by atoms with E-state index >= 15 is 0 Å². The molecule has 110 valence electrons. The molecule has 1 fully saturated rings.